The lowest BCUT2D eigenvalue weighted by Crippen LogP contribution is -2.33. The van der Waals surface area contributed by atoms with Gasteiger partial charge in [0.05, 0.1) is 16.5 Å². The monoisotopic (exact) mass is 422 g/mol. The summed E-state index contributed by atoms with van der Waals surface area (Å²) in [5.74, 6) is 0.276. The zero-order valence-electron chi connectivity index (χ0n) is 10.5. The first kappa shape index (κ1) is 15.1. The molecule has 1 saturated heterocycles. The summed E-state index contributed by atoms with van der Waals surface area (Å²) in [6.45, 7) is -0.399. The van der Waals surface area contributed by atoms with Crippen LogP contribution in [0.15, 0.2) is 15.4 Å². The fourth-order valence-electron chi connectivity index (χ4n) is 2.41. The molecule has 3 heterocycles. The summed E-state index contributed by atoms with van der Waals surface area (Å²) in [4.78, 5) is 8.08. The quantitative estimate of drug-likeness (QED) is 0.541. The number of fused-ring (bicyclic) bond motifs is 1. The molecule has 1 aliphatic rings. The van der Waals surface area contributed by atoms with Crippen LogP contribution < -0.4 is 5.73 Å². The maximum absolute atomic E-state index is 10.2. The zero-order valence-corrected chi connectivity index (χ0v) is 13.7. The lowest BCUT2D eigenvalue weighted by Gasteiger charge is -2.18. The van der Waals surface area contributed by atoms with E-state index in [-0.39, 0.29) is 5.82 Å². The smallest absolute Gasteiger partial charge is 0.165 e. The van der Waals surface area contributed by atoms with Gasteiger partial charge in [0, 0.05) is 0 Å². The second-order valence-corrected chi connectivity index (χ2v) is 6.21. The third-order valence-corrected chi connectivity index (χ3v) is 5.55. The highest BCUT2D eigenvalue weighted by atomic mass is 79.9. The minimum atomic E-state index is -1.21. The predicted octanol–water partition coefficient (Wildman–Crippen LogP) is 0.150. The van der Waals surface area contributed by atoms with Crippen molar-refractivity contribution in [2.24, 2.45) is 0 Å². The van der Waals surface area contributed by atoms with E-state index >= 15 is 0 Å². The van der Waals surface area contributed by atoms with Crippen LogP contribution in [0, 0.1) is 0 Å². The summed E-state index contributed by atoms with van der Waals surface area (Å²) in [6.07, 6.45) is -2.88. The van der Waals surface area contributed by atoms with Crippen molar-refractivity contribution in [2.75, 3.05) is 12.3 Å². The van der Waals surface area contributed by atoms with Gasteiger partial charge in [0.2, 0.25) is 0 Å². The molecule has 2 aromatic rings. The Labute approximate surface area is 135 Å². The highest BCUT2D eigenvalue weighted by molar-refractivity contribution is 9.13. The Morgan fingerprint density at radius 2 is 2.00 bits per heavy atom. The van der Waals surface area contributed by atoms with Crippen molar-refractivity contribution < 1.29 is 20.1 Å². The summed E-state index contributed by atoms with van der Waals surface area (Å²) in [5.41, 5.74) is 6.29. The fourth-order valence-corrected chi connectivity index (χ4v) is 3.55. The van der Waals surface area contributed by atoms with Crippen LogP contribution in [0.2, 0.25) is 0 Å². The maximum Gasteiger partial charge on any atom is 0.165 e. The second-order valence-electron chi connectivity index (χ2n) is 4.66. The molecule has 0 amide bonds. The van der Waals surface area contributed by atoms with E-state index in [1.807, 2.05) is 0 Å². The van der Waals surface area contributed by atoms with Crippen molar-refractivity contribution in [3.63, 3.8) is 0 Å². The van der Waals surface area contributed by atoms with Gasteiger partial charge in [-0.3, -0.25) is 4.57 Å². The van der Waals surface area contributed by atoms with E-state index in [4.69, 9.17) is 10.5 Å². The largest absolute Gasteiger partial charge is 0.394 e. The Balaban J connectivity index is 2.18. The third kappa shape index (κ3) is 2.17. The Kier molecular flexibility index (Phi) is 3.93. The number of aromatic nitrogens is 3. The first-order chi connectivity index (χ1) is 9.97. The minimum Gasteiger partial charge on any atom is -0.394 e. The molecule has 1 aliphatic heterocycles. The van der Waals surface area contributed by atoms with E-state index in [9.17, 15) is 15.3 Å². The molecule has 0 bridgehead atoms. The standard InChI is InChI=1S/C11H12Br2N4O4/c12-5-4-9(14)15-2-16-10(4)17(8(5)13)11-7(20)6(19)3(1-18)21-11/h2-3,6-7,11,18-20H,1H2,(H2,14,15,16)/t3-,6-,7+,11-/m1/s1. The van der Waals surface area contributed by atoms with Gasteiger partial charge >= 0.3 is 0 Å². The Hall–Kier alpha value is -0.780. The maximum atomic E-state index is 10.2. The van der Waals surface area contributed by atoms with Crippen molar-refractivity contribution >= 4 is 48.7 Å². The van der Waals surface area contributed by atoms with Crippen LogP contribution >= 0.6 is 31.9 Å². The molecule has 3 rings (SSSR count). The van der Waals surface area contributed by atoms with Gasteiger partial charge in [0.15, 0.2) is 6.23 Å². The van der Waals surface area contributed by atoms with E-state index in [2.05, 4.69) is 41.8 Å². The molecule has 21 heavy (non-hydrogen) atoms. The van der Waals surface area contributed by atoms with Crippen molar-refractivity contribution in [1.29, 1.82) is 0 Å². The number of nitrogen functional groups attached to an aromatic ring is 1. The summed E-state index contributed by atoms with van der Waals surface area (Å²) in [7, 11) is 0. The number of aliphatic hydroxyl groups is 3. The molecule has 0 spiro atoms. The molecule has 1 fully saturated rings. The molecule has 114 valence electrons. The van der Waals surface area contributed by atoms with Crippen LogP contribution in [0.25, 0.3) is 11.0 Å². The average Bonchev–Trinajstić information content (AvgIpc) is 2.88. The third-order valence-electron chi connectivity index (χ3n) is 3.47. The van der Waals surface area contributed by atoms with Crippen molar-refractivity contribution in [2.45, 2.75) is 24.5 Å². The number of hydrogen-bond acceptors (Lipinski definition) is 7. The molecular formula is C11H12Br2N4O4. The van der Waals surface area contributed by atoms with Crippen molar-refractivity contribution in [1.82, 2.24) is 14.5 Å². The molecule has 10 heteroatoms. The zero-order chi connectivity index (χ0) is 15.3. The Bertz CT molecular complexity index is 694. The lowest BCUT2D eigenvalue weighted by atomic mass is 10.1. The van der Waals surface area contributed by atoms with Gasteiger partial charge in [-0.05, 0) is 31.9 Å². The lowest BCUT2D eigenvalue weighted by molar-refractivity contribution is -0.0518. The second kappa shape index (κ2) is 5.45. The number of nitrogens with zero attached hydrogens (tertiary/aromatic N) is 3. The first-order valence-electron chi connectivity index (χ1n) is 6.05. The number of ether oxygens (including phenoxy) is 1. The van der Waals surface area contributed by atoms with E-state index < -0.39 is 31.1 Å². The molecule has 0 saturated carbocycles. The molecule has 0 unspecified atom stereocenters. The predicted molar refractivity (Wildman–Crippen MR) is 80.3 cm³/mol. The molecule has 4 atom stereocenters. The molecular weight excluding hydrogens is 412 g/mol. The van der Waals surface area contributed by atoms with Gasteiger partial charge in [-0.1, -0.05) is 0 Å². The van der Waals surface area contributed by atoms with Crippen LogP contribution in [0.5, 0.6) is 0 Å². The number of hydrogen-bond donors (Lipinski definition) is 4. The Morgan fingerprint density at radius 1 is 1.29 bits per heavy atom. The number of anilines is 1. The van der Waals surface area contributed by atoms with Gasteiger partial charge in [0.1, 0.15) is 40.7 Å². The molecule has 8 nitrogen and oxygen atoms in total. The number of rotatable bonds is 2. The van der Waals surface area contributed by atoms with E-state index in [0.717, 1.165) is 0 Å². The summed E-state index contributed by atoms with van der Waals surface area (Å²) in [5, 5.41) is 29.8. The summed E-state index contributed by atoms with van der Waals surface area (Å²) in [6, 6.07) is 0. The van der Waals surface area contributed by atoms with Gasteiger partial charge in [-0.15, -0.1) is 0 Å². The van der Waals surface area contributed by atoms with Crippen LogP contribution in [0.4, 0.5) is 5.82 Å². The van der Waals surface area contributed by atoms with Gasteiger partial charge in [-0.25, -0.2) is 9.97 Å². The van der Waals surface area contributed by atoms with Crippen molar-refractivity contribution in [3.05, 3.63) is 15.4 Å². The SMILES string of the molecule is Nc1ncnc2c1c(Br)c(Br)n2[C@@H]1O[C@H](CO)[C@@H](O)[C@@H]1O. The number of nitrogens with two attached hydrogens (primary N) is 1. The van der Waals surface area contributed by atoms with E-state index in [0.29, 0.717) is 20.1 Å². The van der Waals surface area contributed by atoms with Crippen LogP contribution in [0.3, 0.4) is 0 Å². The highest BCUT2D eigenvalue weighted by Gasteiger charge is 2.44. The van der Waals surface area contributed by atoms with Crippen LogP contribution in [0.1, 0.15) is 6.23 Å². The van der Waals surface area contributed by atoms with Gasteiger partial charge in [-0.2, -0.15) is 0 Å². The fraction of sp³-hybridized carbons (Fsp3) is 0.455. The first-order valence-corrected chi connectivity index (χ1v) is 7.63. The van der Waals surface area contributed by atoms with E-state index in [1.165, 1.54) is 6.33 Å². The number of halogens is 2. The molecule has 5 N–H and O–H groups in total. The highest BCUT2D eigenvalue weighted by Crippen LogP contribution is 2.41. The van der Waals surface area contributed by atoms with Gasteiger partial charge < -0.3 is 25.8 Å². The summed E-state index contributed by atoms with van der Waals surface area (Å²) >= 11 is 6.77. The van der Waals surface area contributed by atoms with Gasteiger partial charge in [0.25, 0.3) is 0 Å². The minimum absolute atomic E-state index is 0.276. The Morgan fingerprint density at radius 3 is 2.62 bits per heavy atom. The van der Waals surface area contributed by atoms with Crippen LogP contribution in [-0.2, 0) is 4.74 Å². The average molecular weight is 424 g/mol. The summed E-state index contributed by atoms with van der Waals surface area (Å²) < 4.78 is 8.24. The number of aliphatic hydroxyl groups excluding tert-OH is 3. The van der Waals surface area contributed by atoms with Crippen LogP contribution in [-0.4, -0.2) is 54.8 Å². The topological polar surface area (TPSA) is 127 Å². The normalized spacial score (nSPS) is 29.4. The molecule has 0 aromatic carbocycles. The molecule has 0 radical (unpaired) electrons. The van der Waals surface area contributed by atoms with Crippen molar-refractivity contribution in [3.8, 4) is 0 Å². The molecule has 2 aromatic heterocycles. The van der Waals surface area contributed by atoms with E-state index in [1.54, 1.807) is 4.57 Å². The molecule has 0 aliphatic carbocycles.